The number of nitrogens with zero attached hydrogens (tertiary/aromatic N) is 4. The third-order valence-corrected chi connectivity index (χ3v) is 7.50. The molecule has 8 heteroatoms. The van der Waals surface area contributed by atoms with Crippen molar-refractivity contribution >= 4 is 46.1 Å². The Bertz CT molecular complexity index is 1030. The molecule has 2 aliphatic heterocycles. The highest BCUT2D eigenvalue weighted by atomic mass is 32.2. The maximum atomic E-state index is 13.3. The van der Waals surface area contributed by atoms with Crippen molar-refractivity contribution in [3.8, 4) is 6.07 Å². The summed E-state index contributed by atoms with van der Waals surface area (Å²) in [6.07, 6.45) is 4.77. The SMILES string of the molecule is CCCCn1c(N2CC(C)CC(C)C2)c(/C=C2\SC(=S)N(C)C2=O)c(C)c(C#N)c1=O. The van der Waals surface area contributed by atoms with Crippen LogP contribution in [0.3, 0.4) is 0 Å². The van der Waals surface area contributed by atoms with Gasteiger partial charge in [0.25, 0.3) is 11.5 Å². The van der Waals surface area contributed by atoms with Crippen molar-refractivity contribution in [2.75, 3.05) is 25.0 Å². The van der Waals surface area contributed by atoms with E-state index in [0.717, 1.165) is 43.7 Å². The zero-order chi connectivity index (χ0) is 22.9. The second-order valence-electron chi connectivity index (χ2n) is 8.75. The van der Waals surface area contributed by atoms with E-state index in [1.165, 1.54) is 16.7 Å². The van der Waals surface area contributed by atoms with E-state index in [2.05, 4.69) is 31.7 Å². The van der Waals surface area contributed by atoms with Gasteiger partial charge in [0.1, 0.15) is 21.8 Å². The Balaban J connectivity index is 2.29. The van der Waals surface area contributed by atoms with Gasteiger partial charge in [0, 0.05) is 32.2 Å². The topological polar surface area (TPSA) is 69.3 Å². The molecular formula is C23H30N4O2S2. The minimum absolute atomic E-state index is 0.148. The van der Waals surface area contributed by atoms with E-state index >= 15 is 0 Å². The molecule has 0 radical (unpaired) electrons. The van der Waals surface area contributed by atoms with E-state index in [1.807, 2.05) is 13.0 Å². The zero-order valence-electron chi connectivity index (χ0n) is 18.9. The highest BCUT2D eigenvalue weighted by molar-refractivity contribution is 8.26. The van der Waals surface area contributed by atoms with Gasteiger partial charge in [0.2, 0.25) is 0 Å². The fourth-order valence-corrected chi connectivity index (χ4v) is 5.68. The molecular weight excluding hydrogens is 428 g/mol. The van der Waals surface area contributed by atoms with Gasteiger partial charge >= 0.3 is 0 Å². The van der Waals surface area contributed by atoms with Crippen molar-refractivity contribution in [2.45, 2.75) is 53.5 Å². The maximum absolute atomic E-state index is 13.3. The molecule has 6 nitrogen and oxygen atoms in total. The summed E-state index contributed by atoms with van der Waals surface area (Å²) in [5.41, 5.74) is 1.32. The number of unbranched alkanes of at least 4 members (excludes halogenated alkanes) is 1. The fraction of sp³-hybridized carbons (Fsp3) is 0.565. The Morgan fingerprint density at radius 1 is 1.26 bits per heavy atom. The van der Waals surface area contributed by atoms with E-state index in [9.17, 15) is 14.9 Å². The summed E-state index contributed by atoms with van der Waals surface area (Å²) in [7, 11) is 1.67. The average molecular weight is 459 g/mol. The van der Waals surface area contributed by atoms with Gasteiger partial charge in [-0.05, 0) is 43.2 Å². The number of anilines is 1. The summed E-state index contributed by atoms with van der Waals surface area (Å²) in [6, 6.07) is 2.11. The first-order chi connectivity index (χ1) is 14.7. The number of thiocarbonyl (C=S) groups is 1. The van der Waals surface area contributed by atoms with Crippen LogP contribution < -0.4 is 10.5 Å². The predicted octanol–water partition coefficient (Wildman–Crippen LogP) is 4.14. The van der Waals surface area contributed by atoms with Crippen LogP contribution in [-0.4, -0.2) is 39.8 Å². The summed E-state index contributed by atoms with van der Waals surface area (Å²) >= 11 is 6.56. The lowest BCUT2D eigenvalue weighted by molar-refractivity contribution is -0.121. The number of rotatable bonds is 5. The summed E-state index contributed by atoms with van der Waals surface area (Å²) in [5, 5.41) is 9.76. The second-order valence-corrected chi connectivity index (χ2v) is 10.4. The van der Waals surface area contributed by atoms with E-state index in [1.54, 1.807) is 11.6 Å². The number of carbonyl (C=O) groups excluding carboxylic acids is 1. The smallest absolute Gasteiger partial charge is 0.270 e. The number of likely N-dealkylation sites (N-methyl/N-ethyl adjacent to an activating group) is 1. The van der Waals surface area contributed by atoms with Crippen LogP contribution in [0.25, 0.3) is 6.08 Å². The van der Waals surface area contributed by atoms with E-state index in [0.29, 0.717) is 33.2 Å². The molecule has 0 bridgehead atoms. The van der Waals surface area contributed by atoms with Crippen molar-refractivity contribution in [3.05, 3.63) is 31.9 Å². The molecule has 2 aliphatic rings. The van der Waals surface area contributed by atoms with Crippen molar-refractivity contribution in [1.82, 2.24) is 9.47 Å². The summed E-state index contributed by atoms with van der Waals surface area (Å²) in [6.45, 7) is 10.6. The van der Waals surface area contributed by atoms with Crippen molar-refractivity contribution < 1.29 is 4.79 Å². The predicted molar refractivity (Wildman–Crippen MR) is 131 cm³/mol. The third-order valence-electron chi connectivity index (χ3n) is 6.01. The zero-order valence-corrected chi connectivity index (χ0v) is 20.5. The van der Waals surface area contributed by atoms with Gasteiger partial charge in [-0.2, -0.15) is 5.26 Å². The van der Waals surface area contributed by atoms with Gasteiger partial charge < -0.3 is 4.90 Å². The lowest BCUT2D eigenvalue weighted by Crippen LogP contribution is -2.43. The van der Waals surface area contributed by atoms with E-state index in [4.69, 9.17) is 12.2 Å². The Hall–Kier alpha value is -2.11. The van der Waals surface area contributed by atoms with Crippen LogP contribution in [-0.2, 0) is 11.3 Å². The van der Waals surface area contributed by atoms with Crippen molar-refractivity contribution in [3.63, 3.8) is 0 Å². The van der Waals surface area contributed by atoms with Gasteiger partial charge in [-0.1, -0.05) is 51.2 Å². The molecule has 166 valence electrons. The third kappa shape index (κ3) is 4.58. The largest absolute Gasteiger partial charge is 0.357 e. The van der Waals surface area contributed by atoms with Gasteiger partial charge in [-0.3, -0.25) is 19.1 Å². The lowest BCUT2D eigenvalue weighted by atomic mass is 9.91. The molecule has 1 amide bonds. The normalized spacial score (nSPS) is 23.0. The first-order valence-electron chi connectivity index (χ1n) is 10.8. The van der Waals surface area contributed by atoms with E-state index < -0.39 is 0 Å². The van der Waals surface area contributed by atoms with Crippen LogP contribution in [0.5, 0.6) is 0 Å². The van der Waals surface area contributed by atoms with Crippen molar-refractivity contribution in [1.29, 1.82) is 5.26 Å². The molecule has 0 spiro atoms. The van der Waals surface area contributed by atoms with Crippen molar-refractivity contribution in [2.24, 2.45) is 11.8 Å². The maximum Gasteiger partial charge on any atom is 0.270 e. The van der Waals surface area contributed by atoms with E-state index in [-0.39, 0.29) is 17.0 Å². The van der Waals surface area contributed by atoms with Crippen LogP contribution in [0, 0.1) is 30.1 Å². The molecule has 1 aromatic heterocycles. The number of hydrogen-bond donors (Lipinski definition) is 0. The molecule has 2 saturated heterocycles. The number of pyridine rings is 1. The molecule has 2 fully saturated rings. The van der Waals surface area contributed by atoms with Crippen LogP contribution in [0.1, 0.15) is 56.7 Å². The number of amides is 1. The monoisotopic (exact) mass is 458 g/mol. The van der Waals surface area contributed by atoms with Crippen LogP contribution in [0.2, 0.25) is 0 Å². The molecule has 2 atom stereocenters. The summed E-state index contributed by atoms with van der Waals surface area (Å²) < 4.78 is 2.27. The van der Waals surface area contributed by atoms with Crippen LogP contribution in [0.15, 0.2) is 9.70 Å². The molecule has 0 aromatic carbocycles. The first-order valence-corrected chi connectivity index (χ1v) is 12.1. The minimum atomic E-state index is -0.241. The Kier molecular flexibility index (Phi) is 7.28. The second kappa shape index (κ2) is 9.58. The molecule has 3 rings (SSSR count). The standard InChI is InChI=1S/C23H30N4O2S2/c1-6-7-8-27-20(26-12-14(2)9-15(3)13-26)17(16(4)18(11-24)21(27)28)10-19-22(29)25(5)23(30)31-19/h10,14-15H,6-9,12-13H2,1-5H3/b19-10-. The Morgan fingerprint density at radius 3 is 2.42 bits per heavy atom. The molecule has 31 heavy (non-hydrogen) atoms. The quantitative estimate of drug-likeness (QED) is 0.488. The fourth-order valence-electron chi connectivity index (χ4n) is 4.52. The highest BCUT2D eigenvalue weighted by Gasteiger charge is 2.32. The highest BCUT2D eigenvalue weighted by Crippen LogP contribution is 2.36. The van der Waals surface area contributed by atoms with Gasteiger partial charge in [-0.15, -0.1) is 0 Å². The number of hydrogen-bond acceptors (Lipinski definition) is 6. The molecule has 0 N–H and O–H groups in total. The Labute approximate surface area is 193 Å². The van der Waals surface area contributed by atoms with Crippen LogP contribution in [0.4, 0.5) is 5.82 Å². The van der Waals surface area contributed by atoms with Gasteiger partial charge in [0.05, 0.1) is 4.91 Å². The summed E-state index contributed by atoms with van der Waals surface area (Å²) in [4.78, 5) is 30.3. The van der Waals surface area contributed by atoms with Crippen LogP contribution >= 0.6 is 24.0 Å². The molecule has 0 aliphatic carbocycles. The Morgan fingerprint density at radius 2 is 1.90 bits per heavy atom. The molecule has 3 heterocycles. The number of piperidine rings is 1. The average Bonchev–Trinajstić information content (AvgIpc) is 2.95. The molecule has 1 aromatic rings. The number of nitriles is 1. The van der Waals surface area contributed by atoms with Gasteiger partial charge in [0.15, 0.2) is 0 Å². The minimum Gasteiger partial charge on any atom is -0.357 e. The number of thioether (sulfide) groups is 1. The molecule has 2 unspecified atom stereocenters. The lowest BCUT2D eigenvalue weighted by Gasteiger charge is -2.39. The van der Waals surface area contributed by atoms with Gasteiger partial charge in [-0.25, -0.2) is 0 Å². The molecule has 0 saturated carbocycles. The number of carbonyl (C=O) groups is 1. The summed E-state index contributed by atoms with van der Waals surface area (Å²) in [5.74, 6) is 1.67. The first kappa shape index (κ1) is 23.6. The number of aromatic nitrogens is 1.